The van der Waals surface area contributed by atoms with E-state index in [4.69, 9.17) is 4.74 Å². The molecular formula is C30H37FN4O3. The first-order valence-electron chi connectivity index (χ1n) is 13.4. The Morgan fingerprint density at radius 1 is 1.16 bits per heavy atom. The number of aromatic amines is 1. The molecule has 2 amide bonds. The second-order valence-corrected chi connectivity index (χ2v) is 10.1. The number of aromatic nitrogens is 2. The summed E-state index contributed by atoms with van der Waals surface area (Å²) in [7, 11) is 1.60. The summed E-state index contributed by atoms with van der Waals surface area (Å²) in [5.74, 6) is 0.154. The summed E-state index contributed by atoms with van der Waals surface area (Å²) in [5, 5.41) is 2.96. The molecule has 1 saturated heterocycles. The molecule has 0 saturated carbocycles. The second-order valence-electron chi connectivity index (χ2n) is 10.1. The molecule has 0 spiro atoms. The average molecular weight is 521 g/mol. The van der Waals surface area contributed by atoms with E-state index in [1.54, 1.807) is 30.6 Å². The van der Waals surface area contributed by atoms with Crippen molar-refractivity contribution >= 4 is 11.8 Å². The lowest BCUT2D eigenvalue weighted by molar-refractivity contribution is -0.143. The van der Waals surface area contributed by atoms with Crippen molar-refractivity contribution in [3.8, 4) is 5.75 Å². The molecule has 1 aliphatic rings. The van der Waals surface area contributed by atoms with Gasteiger partial charge in [0, 0.05) is 37.5 Å². The molecule has 1 aliphatic heterocycles. The minimum Gasteiger partial charge on any atom is -0.497 e. The van der Waals surface area contributed by atoms with Gasteiger partial charge >= 0.3 is 0 Å². The van der Waals surface area contributed by atoms with E-state index in [9.17, 15) is 14.0 Å². The molecule has 1 atom stereocenters. The number of benzene rings is 2. The standard InChI is InChI=1S/C30H37FN4O3/c1-3-4-7-16-30(25-8-5-6-9-26(25)31)19-35(20-30)29(37)27(17-22-10-13-24(38-2)14-11-22)34-28(36)15-12-23-18-32-21-33-23/h5-6,8-11,13-14,18,21,27H,3-4,7,12,15-17,19-20H2,1-2H3,(H,32,33)(H,34,36). The van der Waals surface area contributed by atoms with Crippen molar-refractivity contribution in [3.63, 3.8) is 0 Å². The number of amides is 2. The van der Waals surface area contributed by atoms with E-state index in [0.717, 1.165) is 42.7 Å². The van der Waals surface area contributed by atoms with Crippen molar-refractivity contribution in [1.82, 2.24) is 20.2 Å². The van der Waals surface area contributed by atoms with Crippen LogP contribution in [0.15, 0.2) is 61.1 Å². The Morgan fingerprint density at radius 2 is 1.92 bits per heavy atom. The minimum atomic E-state index is -0.718. The highest BCUT2D eigenvalue weighted by Crippen LogP contribution is 2.41. The fourth-order valence-corrected chi connectivity index (χ4v) is 5.26. The first kappa shape index (κ1) is 27.4. The largest absolute Gasteiger partial charge is 0.497 e. The zero-order valence-electron chi connectivity index (χ0n) is 22.2. The van der Waals surface area contributed by atoms with Gasteiger partial charge in [0.1, 0.15) is 17.6 Å². The number of hydrogen-bond acceptors (Lipinski definition) is 4. The molecule has 0 aliphatic carbocycles. The SMILES string of the molecule is CCCCCC1(c2ccccc2F)CN(C(=O)C(Cc2ccc(OC)cc2)NC(=O)CCc2c[nH]cn2)C1. The van der Waals surface area contributed by atoms with Crippen LogP contribution in [0.2, 0.25) is 0 Å². The van der Waals surface area contributed by atoms with E-state index in [1.807, 2.05) is 36.4 Å². The summed E-state index contributed by atoms with van der Waals surface area (Å²) in [6.07, 6.45) is 8.35. The Morgan fingerprint density at radius 3 is 2.58 bits per heavy atom. The van der Waals surface area contributed by atoms with Gasteiger partial charge in [-0.3, -0.25) is 9.59 Å². The number of unbranched alkanes of at least 4 members (excludes halogenated alkanes) is 2. The lowest BCUT2D eigenvalue weighted by Gasteiger charge is -2.52. The van der Waals surface area contributed by atoms with E-state index in [0.29, 0.717) is 31.5 Å². The first-order valence-corrected chi connectivity index (χ1v) is 13.4. The minimum absolute atomic E-state index is 0.142. The average Bonchev–Trinajstić information content (AvgIpc) is 3.43. The molecule has 1 unspecified atom stereocenters. The maximum Gasteiger partial charge on any atom is 0.245 e. The van der Waals surface area contributed by atoms with Crippen LogP contribution in [-0.2, 0) is 27.8 Å². The number of H-pyrrole nitrogens is 1. The quantitative estimate of drug-likeness (QED) is 0.323. The van der Waals surface area contributed by atoms with Crippen LogP contribution in [-0.4, -0.2) is 52.9 Å². The molecule has 8 heteroatoms. The third-order valence-electron chi connectivity index (χ3n) is 7.40. The van der Waals surface area contributed by atoms with Crippen LogP contribution < -0.4 is 10.1 Å². The monoisotopic (exact) mass is 520 g/mol. The number of methoxy groups -OCH3 is 1. The number of rotatable bonds is 13. The van der Waals surface area contributed by atoms with Gasteiger partial charge in [-0.2, -0.15) is 0 Å². The van der Waals surface area contributed by atoms with Gasteiger partial charge in [0.2, 0.25) is 11.8 Å². The smallest absolute Gasteiger partial charge is 0.245 e. The summed E-state index contributed by atoms with van der Waals surface area (Å²) in [5.41, 5.74) is 1.99. The molecule has 0 radical (unpaired) electrons. The van der Waals surface area contributed by atoms with Gasteiger partial charge in [0.15, 0.2) is 0 Å². The van der Waals surface area contributed by atoms with Crippen molar-refractivity contribution in [1.29, 1.82) is 0 Å². The van der Waals surface area contributed by atoms with Gasteiger partial charge in [0.05, 0.1) is 19.1 Å². The molecule has 1 aromatic heterocycles. The van der Waals surface area contributed by atoms with Crippen LogP contribution in [0.1, 0.15) is 55.8 Å². The van der Waals surface area contributed by atoms with Crippen LogP contribution in [0.3, 0.4) is 0 Å². The van der Waals surface area contributed by atoms with Gasteiger partial charge < -0.3 is 19.9 Å². The van der Waals surface area contributed by atoms with Gasteiger partial charge in [-0.25, -0.2) is 9.37 Å². The molecule has 1 fully saturated rings. The highest BCUT2D eigenvalue weighted by atomic mass is 19.1. The van der Waals surface area contributed by atoms with E-state index in [2.05, 4.69) is 22.2 Å². The Kier molecular flexibility index (Phi) is 9.15. The van der Waals surface area contributed by atoms with Crippen LogP contribution >= 0.6 is 0 Å². The summed E-state index contributed by atoms with van der Waals surface area (Å²) in [4.78, 5) is 35.4. The number of halogens is 1. The maximum atomic E-state index is 14.8. The number of nitrogens with one attached hydrogen (secondary N) is 2. The normalized spacial score (nSPS) is 15.0. The fourth-order valence-electron chi connectivity index (χ4n) is 5.26. The second kappa shape index (κ2) is 12.7. The number of carbonyl (C=O) groups excluding carboxylic acids is 2. The summed E-state index contributed by atoms with van der Waals surface area (Å²) in [6, 6.07) is 13.7. The molecule has 202 valence electrons. The first-order chi connectivity index (χ1) is 18.4. The zero-order valence-corrected chi connectivity index (χ0v) is 22.2. The van der Waals surface area contributed by atoms with Crippen LogP contribution in [0.25, 0.3) is 0 Å². The zero-order chi connectivity index (χ0) is 27.0. The number of nitrogens with zero attached hydrogens (tertiary/aromatic N) is 2. The summed E-state index contributed by atoms with van der Waals surface area (Å²) >= 11 is 0. The molecule has 2 heterocycles. The van der Waals surface area contributed by atoms with Crippen LogP contribution in [0, 0.1) is 5.82 Å². The van der Waals surface area contributed by atoms with Crippen molar-refractivity contribution in [2.24, 2.45) is 0 Å². The number of hydrogen-bond donors (Lipinski definition) is 2. The lowest BCUT2D eigenvalue weighted by atomic mass is 9.69. The van der Waals surface area contributed by atoms with E-state index < -0.39 is 11.5 Å². The Bertz CT molecular complexity index is 1190. The highest BCUT2D eigenvalue weighted by Gasteiger charge is 2.48. The Hall–Kier alpha value is -3.68. The molecule has 3 aromatic rings. The van der Waals surface area contributed by atoms with Crippen LogP contribution in [0.5, 0.6) is 5.75 Å². The summed E-state index contributed by atoms with van der Waals surface area (Å²) < 4.78 is 20.1. The highest BCUT2D eigenvalue weighted by molar-refractivity contribution is 5.88. The Labute approximate surface area is 223 Å². The number of imidazole rings is 1. The number of aryl methyl sites for hydroxylation is 1. The number of ether oxygens (including phenoxy) is 1. The molecule has 7 nitrogen and oxygen atoms in total. The molecule has 38 heavy (non-hydrogen) atoms. The number of likely N-dealkylation sites (tertiary alicyclic amines) is 1. The maximum absolute atomic E-state index is 14.8. The predicted octanol–water partition coefficient (Wildman–Crippen LogP) is 4.58. The molecule has 2 N–H and O–H groups in total. The number of carbonyl (C=O) groups is 2. The molecular weight excluding hydrogens is 483 g/mol. The molecule has 2 aromatic carbocycles. The van der Waals surface area contributed by atoms with Gasteiger partial charge in [-0.15, -0.1) is 0 Å². The van der Waals surface area contributed by atoms with E-state index in [1.165, 1.54) is 6.07 Å². The van der Waals surface area contributed by atoms with Gasteiger partial charge in [0.25, 0.3) is 0 Å². The Balaban J connectivity index is 1.48. The van der Waals surface area contributed by atoms with Crippen molar-refractivity contribution in [2.45, 2.75) is 63.3 Å². The van der Waals surface area contributed by atoms with Crippen molar-refractivity contribution < 1.29 is 18.7 Å². The van der Waals surface area contributed by atoms with E-state index >= 15 is 0 Å². The predicted molar refractivity (Wildman–Crippen MR) is 144 cm³/mol. The third-order valence-corrected chi connectivity index (χ3v) is 7.40. The molecule has 4 rings (SSSR count). The van der Waals surface area contributed by atoms with Gasteiger partial charge in [-0.05, 0) is 42.2 Å². The third kappa shape index (κ3) is 6.60. The van der Waals surface area contributed by atoms with Crippen molar-refractivity contribution in [3.05, 3.63) is 83.7 Å². The van der Waals surface area contributed by atoms with Gasteiger partial charge in [-0.1, -0.05) is 56.5 Å². The fraction of sp³-hybridized carbons (Fsp3) is 0.433. The van der Waals surface area contributed by atoms with Crippen molar-refractivity contribution in [2.75, 3.05) is 20.2 Å². The lowest BCUT2D eigenvalue weighted by Crippen LogP contribution is -2.65. The van der Waals surface area contributed by atoms with E-state index in [-0.39, 0.29) is 24.1 Å². The topological polar surface area (TPSA) is 87.3 Å². The summed E-state index contributed by atoms with van der Waals surface area (Å²) in [6.45, 7) is 3.03. The van der Waals surface area contributed by atoms with Crippen LogP contribution in [0.4, 0.5) is 4.39 Å². The molecule has 0 bridgehead atoms.